The van der Waals surface area contributed by atoms with E-state index in [0.717, 1.165) is 33.2 Å². The van der Waals surface area contributed by atoms with Crippen molar-refractivity contribution in [3.05, 3.63) is 82.2 Å². The minimum atomic E-state index is -0.397. The Morgan fingerprint density at radius 1 is 0.920 bits per heavy atom. The van der Waals surface area contributed by atoms with Crippen LogP contribution >= 0.6 is 11.3 Å². The Kier molecular flexibility index (Phi) is 3.87. The summed E-state index contributed by atoms with van der Waals surface area (Å²) in [4.78, 5) is 19.7. The molecular weight excluding hydrogens is 334 g/mol. The average molecular weight is 347 g/mol. The maximum absolute atomic E-state index is 10.9. The SMILES string of the molecule is O=[N+]([O-])c1ccc(-c2[nH]c(-c3cccs3)nc2-c2ccccc2)cc1. The Hall–Kier alpha value is -3.25. The number of hydrogen-bond donors (Lipinski definition) is 1. The minimum absolute atomic E-state index is 0.0722. The highest BCUT2D eigenvalue weighted by molar-refractivity contribution is 7.13. The molecule has 0 fully saturated rings. The summed E-state index contributed by atoms with van der Waals surface area (Å²) in [6.07, 6.45) is 0. The van der Waals surface area contributed by atoms with Gasteiger partial charge in [0.2, 0.25) is 0 Å². The molecule has 0 radical (unpaired) electrons. The number of hydrogen-bond acceptors (Lipinski definition) is 4. The van der Waals surface area contributed by atoms with Crippen molar-refractivity contribution in [1.29, 1.82) is 0 Å². The molecule has 1 N–H and O–H groups in total. The fraction of sp³-hybridized carbons (Fsp3) is 0. The molecule has 0 aliphatic heterocycles. The molecule has 0 amide bonds. The third kappa shape index (κ3) is 2.95. The Morgan fingerprint density at radius 2 is 1.68 bits per heavy atom. The van der Waals surface area contributed by atoms with E-state index >= 15 is 0 Å². The molecule has 0 saturated heterocycles. The van der Waals surface area contributed by atoms with E-state index in [1.807, 2.05) is 47.8 Å². The number of H-pyrrole nitrogens is 1. The van der Waals surface area contributed by atoms with Crippen LogP contribution < -0.4 is 0 Å². The second-order valence-electron chi connectivity index (χ2n) is 5.46. The van der Waals surface area contributed by atoms with Crippen molar-refractivity contribution >= 4 is 17.0 Å². The molecule has 0 spiro atoms. The van der Waals surface area contributed by atoms with Crippen LogP contribution in [0.5, 0.6) is 0 Å². The molecule has 25 heavy (non-hydrogen) atoms. The van der Waals surface area contributed by atoms with Gasteiger partial charge in [-0.1, -0.05) is 36.4 Å². The van der Waals surface area contributed by atoms with E-state index in [1.54, 1.807) is 23.5 Å². The summed E-state index contributed by atoms with van der Waals surface area (Å²) in [7, 11) is 0. The molecule has 0 unspecified atom stereocenters. The first-order chi connectivity index (χ1) is 12.2. The second-order valence-corrected chi connectivity index (χ2v) is 6.40. The van der Waals surface area contributed by atoms with Crippen LogP contribution in [0.4, 0.5) is 5.69 Å². The number of aromatic amines is 1. The molecule has 4 aromatic rings. The van der Waals surface area contributed by atoms with Crippen LogP contribution in [0.15, 0.2) is 72.1 Å². The predicted molar refractivity (Wildman–Crippen MR) is 99.4 cm³/mol. The number of aromatic nitrogens is 2. The van der Waals surface area contributed by atoms with Crippen LogP contribution in [0.2, 0.25) is 0 Å². The van der Waals surface area contributed by atoms with Crippen molar-refractivity contribution in [3.63, 3.8) is 0 Å². The smallest absolute Gasteiger partial charge is 0.269 e. The monoisotopic (exact) mass is 347 g/mol. The van der Waals surface area contributed by atoms with Gasteiger partial charge in [0.25, 0.3) is 5.69 Å². The van der Waals surface area contributed by atoms with Crippen LogP contribution in [0.1, 0.15) is 0 Å². The molecule has 0 aliphatic rings. The highest BCUT2D eigenvalue weighted by atomic mass is 32.1. The molecule has 5 nitrogen and oxygen atoms in total. The van der Waals surface area contributed by atoms with Gasteiger partial charge in [0, 0.05) is 23.3 Å². The number of thiophene rings is 1. The van der Waals surface area contributed by atoms with Gasteiger partial charge in [0.05, 0.1) is 21.2 Å². The van der Waals surface area contributed by atoms with E-state index in [9.17, 15) is 10.1 Å². The Balaban J connectivity index is 1.86. The first-order valence-corrected chi connectivity index (χ1v) is 8.54. The molecule has 2 aromatic heterocycles. The number of nitrogens with one attached hydrogen (secondary N) is 1. The lowest BCUT2D eigenvalue weighted by Gasteiger charge is -2.03. The quantitative estimate of drug-likeness (QED) is 0.398. The van der Waals surface area contributed by atoms with E-state index in [0.29, 0.717) is 0 Å². The maximum atomic E-state index is 10.9. The van der Waals surface area contributed by atoms with Crippen molar-refractivity contribution in [2.75, 3.05) is 0 Å². The van der Waals surface area contributed by atoms with Crippen LogP contribution in [-0.4, -0.2) is 14.9 Å². The third-order valence-electron chi connectivity index (χ3n) is 3.87. The van der Waals surface area contributed by atoms with Crippen LogP contribution in [0.25, 0.3) is 33.2 Å². The largest absolute Gasteiger partial charge is 0.337 e. The van der Waals surface area contributed by atoms with Crippen LogP contribution in [-0.2, 0) is 0 Å². The van der Waals surface area contributed by atoms with Crippen molar-refractivity contribution in [2.45, 2.75) is 0 Å². The Morgan fingerprint density at radius 3 is 2.32 bits per heavy atom. The third-order valence-corrected chi connectivity index (χ3v) is 4.75. The van der Waals surface area contributed by atoms with Gasteiger partial charge in [0.1, 0.15) is 5.82 Å². The zero-order valence-electron chi connectivity index (χ0n) is 13.0. The van der Waals surface area contributed by atoms with E-state index < -0.39 is 4.92 Å². The first kappa shape index (κ1) is 15.3. The summed E-state index contributed by atoms with van der Waals surface area (Å²) < 4.78 is 0. The highest BCUT2D eigenvalue weighted by Gasteiger charge is 2.16. The number of non-ortho nitro benzene ring substituents is 1. The van der Waals surface area contributed by atoms with E-state index in [1.165, 1.54) is 12.1 Å². The van der Waals surface area contributed by atoms with Crippen LogP contribution in [0.3, 0.4) is 0 Å². The summed E-state index contributed by atoms with van der Waals surface area (Å²) in [6, 6.07) is 20.4. The van der Waals surface area contributed by atoms with Crippen molar-refractivity contribution in [1.82, 2.24) is 9.97 Å². The standard InChI is InChI=1S/C19H13N3O2S/c23-22(24)15-10-8-14(9-11-15)18-17(13-5-2-1-3-6-13)20-19(21-18)16-7-4-12-25-16/h1-12H,(H,20,21). The minimum Gasteiger partial charge on any atom is -0.337 e. The van der Waals surface area contributed by atoms with Gasteiger partial charge in [-0.05, 0) is 23.6 Å². The molecule has 0 bridgehead atoms. The summed E-state index contributed by atoms with van der Waals surface area (Å²) in [5.41, 5.74) is 3.61. The average Bonchev–Trinajstić information content (AvgIpc) is 3.32. The molecule has 0 aliphatic carbocycles. The molecule has 2 heterocycles. The number of nitrogens with zero attached hydrogens (tertiary/aromatic N) is 2. The molecule has 0 atom stereocenters. The van der Waals surface area contributed by atoms with Gasteiger partial charge < -0.3 is 4.98 Å². The van der Waals surface area contributed by atoms with Gasteiger partial charge in [-0.25, -0.2) is 4.98 Å². The molecule has 0 saturated carbocycles. The van der Waals surface area contributed by atoms with Gasteiger partial charge in [-0.2, -0.15) is 0 Å². The van der Waals surface area contributed by atoms with Gasteiger partial charge in [-0.15, -0.1) is 11.3 Å². The second kappa shape index (κ2) is 6.33. The van der Waals surface area contributed by atoms with Crippen molar-refractivity contribution in [2.24, 2.45) is 0 Å². The zero-order chi connectivity index (χ0) is 17.2. The summed E-state index contributed by atoms with van der Waals surface area (Å²) in [6.45, 7) is 0. The molecule has 6 heteroatoms. The van der Waals surface area contributed by atoms with Crippen molar-refractivity contribution < 1.29 is 4.92 Å². The number of rotatable bonds is 4. The fourth-order valence-corrected chi connectivity index (χ4v) is 3.34. The van der Waals surface area contributed by atoms with E-state index in [2.05, 4.69) is 4.98 Å². The first-order valence-electron chi connectivity index (χ1n) is 7.66. The summed E-state index contributed by atoms with van der Waals surface area (Å²) in [5, 5.41) is 12.9. The zero-order valence-corrected chi connectivity index (χ0v) is 13.9. The van der Waals surface area contributed by atoms with Crippen molar-refractivity contribution in [3.8, 4) is 33.2 Å². The molecule has 2 aromatic carbocycles. The molecular formula is C19H13N3O2S. The van der Waals surface area contributed by atoms with E-state index in [-0.39, 0.29) is 5.69 Å². The summed E-state index contributed by atoms with van der Waals surface area (Å²) >= 11 is 1.61. The normalized spacial score (nSPS) is 10.7. The van der Waals surface area contributed by atoms with Gasteiger partial charge >= 0.3 is 0 Å². The number of nitro groups is 1. The number of benzene rings is 2. The van der Waals surface area contributed by atoms with E-state index in [4.69, 9.17) is 4.98 Å². The Labute approximate surface area is 147 Å². The number of imidazole rings is 1. The Bertz CT molecular complexity index is 1010. The van der Waals surface area contributed by atoms with Gasteiger partial charge in [0.15, 0.2) is 0 Å². The lowest BCUT2D eigenvalue weighted by molar-refractivity contribution is -0.384. The van der Waals surface area contributed by atoms with Gasteiger partial charge in [-0.3, -0.25) is 10.1 Å². The van der Waals surface area contributed by atoms with Crippen LogP contribution in [0, 0.1) is 10.1 Å². The highest BCUT2D eigenvalue weighted by Crippen LogP contribution is 2.34. The molecule has 122 valence electrons. The summed E-state index contributed by atoms with van der Waals surface area (Å²) in [5.74, 6) is 0.794. The molecule has 4 rings (SSSR count). The maximum Gasteiger partial charge on any atom is 0.269 e. The number of nitro benzene ring substituents is 1. The topological polar surface area (TPSA) is 71.8 Å². The lowest BCUT2D eigenvalue weighted by atomic mass is 10.0. The lowest BCUT2D eigenvalue weighted by Crippen LogP contribution is -1.88. The fourth-order valence-electron chi connectivity index (χ4n) is 2.67. The predicted octanol–water partition coefficient (Wildman–Crippen LogP) is 5.38.